The van der Waals surface area contributed by atoms with Crippen LogP contribution >= 0.6 is 35.4 Å². The molecule has 1 fully saturated rings. The number of nitrogens with zero attached hydrogens (tertiary/aromatic N) is 2. The molecule has 1 saturated heterocycles. The number of piperazine rings is 1. The Labute approximate surface area is 203 Å². The Kier molecular flexibility index (Phi) is 8.13. The van der Waals surface area contributed by atoms with E-state index in [-0.39, 0.29) is 5.11 Å². The summed E-state index contributed by atoms with van der Waals surface area (Å²) < 4.78 is 24.9. The van der Waals surface area contributed by atoms with E-state index in [2.05, 4.69) is 15.5 Å². The van der Waals surface area contributed by atoms with E-state index in [0.29, 0.717) is 41.8 Å². The van der Waals surface area contributed by atoms with Crippen LogP contribution in [-0.2, 0) is 14.8 Å². The first kappa shape index (κ1) is 24.5. The monoisotopic (exact) mass is 512 g/mol. The van der Waals surface area contributed by atoms with Crippen LogP contribution in [0.1, 0.15) is 5.56 Å². The van der Waals surface area contributed by atoms with Crippen molar-refractivity contribution in [3.05, 3.63) is 64.1 Å². The quantitative estimate of drug-likeness (QED) is 0.470. The van der Waals surface area contributed by atoms with Crippen molar-refractivity contribution in [2.75, 3.05) is 42.7 Å². The number of halogens is 2. The van der Waals surface area contributed by atoms with E-state index in [0.717, 1.165) is 11.4 Å². The Morgan fingerprint density at radius 1 is 1.09 bits per heavy atom. The zero-order valence-corrected chi connectivity index (χ0v) is 20.4. The van der Waals surface area contributed by atoms with E-state index in [1.165, 1.54) is 16.6 Å². The van der Waals surface area contributed by atoms with Gasteiger partial charge in [0.25, 0.3) is 0 Å². The summed E-state index contributed by atoms with van der Waals surface area (Å²) in [5.74, 6) is -0.409. The molecule has 1 heterocycles. The van der Waals surface area contributed by atoms with Crippen LogP contribution in [-0.4, -0.2) is 56.2 Å². The van der Waals surface area contributed by atoms with Crippen molar-refractivity contribution in [3.8, 4) is 0 Å². The number of carbonyl (C=O) groups is 1. The maximum atomic E-state index is 12.2. The van der Waals surface area contributed by atoms with Crippen LogP contribution in [0.2, 0.25) is 10.0 Å². The fraction of sp³-hybridized carbons (Fsp3) is 0.238. The number of anilines is 2. The first-order valence-corrected chi connectivity index (χ1v) is 12.7. The predicted octanol–water partition coefficient (Wildman–Crippen LogP) is 3.60. The molecule has 7 nitrogen and oxygen atoms in total. The van der Waals surface area contributed by atoms with Gasteiger partial charge in [-0.1, -0.05) is 41.4 Å². The molecule has 1 aliphatic rings. The molecule has 0 unspecified atom stereocenters. The van der Waals surface area contributed by atoms with Crippen LogP contribution in [0.15, 0.2) is 48.5 Å². The summed E-state index contributed by atoms with van der Waals surface area (Å²) in [5.41, 5.74) is 2.25. The minimum absolute atomic E-state index is 0.143. The molecule has 2 N–H and O–H groups in total. The van der Waals surface area contributed by atoms with Crippen molar-refractivity contribution in [2.24, 2.45) is 0 Å². The van der Waals surface area contributed by atoms with E-state index in [9.17, 15) is 13.2 Å². The van der Waals surface area contributed by atoms with Gasteiger partial charge in [-0.2, -0.15) is 4.31 Å². The molecular formula is C21H22Cl2N4O3S2. The minimum Gasteiger partial charge on any atom is -0.367 e. The number of nitrogens with one attached hydrogen (secondary N) is 2. The van der Waals surface area contributed by atoms with Gasteiger partial charge in [0, 0.05) is 42.3 Å². The van der Waals surface area contributed by atoms with Crippen LogP contribution < -0.4 is 15.5 Å². The second kappa shape index (κ2) is 10.6. The molecule has 170 valence electrons. The fourth-order valence-electron chi connectivity index (χ4n) is 3.23. The molecular weight excluding hydrogens is 491 g/mol. The van der Waals surface area contributed by atoms with Gasteiger partial charge in [-0.3, -0.25) is 10.1 Å². The number of hydrogen-bond acceptors (Lipinski definition) is 5. The number of amides is 1. The van der Waals surface area contributed by atoms with Crippen molar-refractivity contribution in [3.63, 3.8) is 0 Å². The summed E-state index contributed by atoms with van der Waals surface area (Å²) >= 11 is 17.3. The molecule has 0 aliphatic carbocycles. The highest BCUT2D eigenvalue weighted by molar-refractivity contribution is 7.88. The molecule has 1 aliphatic heterocycles. The third-order valence-corrected chi connectivity index (χ3v) is 6.88. The molecule has 0 aromatic heterocycles. The Hall–Kier alpha value is -2.17. The lowest BCUT2D eigenvalue weighted by atomic mass is 10.2. The highest BCUT2D eigenvalue weighted by Gasteiger charge is 2.24. The van der Waals surface area contributed by atoms with Gasteiger partial charge in [0.05, 0.1) is 17.6 Å². The summed E-state index contributed by atoms with van der Waals surface area (Å²) in [6.45, 7) is 1.92. The van der Waals surface area contributed by atoms with Gasteiger partial charge in [0.2, 0.25) is 15.9 Å². The van der Waals surface area contributed by atoms with Crippen LogP contribution in [0, 0.1) is 0 Å². The number of carbonyl (C=O) groups excluding carboxylic acids is 1. The lowest BCUT2D eigenvalue weighted by molar-refractivity contribution is -0.115. The summed E-state index contributed by atoms with van der Waals surface area (Å²) in [4.78, 5) is 14.3. The summed E-state index contributed by atoms with van der Waals surface area (Å²) in [6.07, 6.45) is 4.12. The lowest BCUT2D eigenvalue weighted by Gasteiger charge is -2.35. The molecule has 0 radical (unpaired) electrons. The third kappa shape index (κ3) is 6.66. The van der Waals surface area contributed by atoms with Gasteiger partial charge in [-0.05, 0) is 48.1 Å². The van der Waals surface area contributed by atoms with Crippen molar-refractivity contribution in [1.29, 1.82) is 0 Å². The molecule has 0 saturated carbocycles. The number of sulfonamides is 1. The van der Waals surface area contributed by atoms with Gasteiger partial charge in [0.15, 0.2) is 5.11 Å². The third-order valence-electron chi connectivity index (χ3n) is 4.81. The van der Waals surface area contributed by atoms with Gasteiger partial charge >= 0.3 is 0 Å². The van der Waals surface area contributed by atoms with E-state index < -0.39 is 15.9 Å². The summed E-state index contributed by atoms with van der Waals surface area (Å²) in [7, 11) is -3.20. The highest BCUT2D eigenvalue weighted by atomic mass is 35.5. The van der Waals surface area contributed by atoms with Crippen molar-refractivity contribution in [2.45, 2.75) is 0 Å². The largest absolute Gasteiger partial charge is 0.367 e. The average molecular weight is 513 g/mol. The van der Waals surface area contributed by atoms with Crippen molar-refractivity contribution >= 4 is 73.9 Å². The van der Waals surface area contributed by atoms with E-state index in [1.807, 2.05) is 24.3 Å². The number of benzene rings is 2. The molecule has 2 aromatic carbocycles. The highest BCUT2D eigenvalue weighted by Crippen LogP contribution is 2.27. The number of para-hydroxylation sites is 2. The number of thiocarbonyl (C=S) groups is 1. The second-order valence-corrected chi connectivity index (χ2v) is 10.3. The minimum atomic E-state index is -3.20. The summed E-state index contributed by atoms with van der Waals surface area (Å²) in [5, 5.41) is 6.74. The molecule has 1 amide bonds. The molecule has 0 spiro atoms. The van der Waals surface area contributed by atoms with E-state index in [4.69, 9.17) is 35.4 Å². The Morgan fingerprint density at radius 2 is 1.78 bits per heavy atom. The van der Waals surface area contributed by atoms with E-state index in [1.54, 1.807) is 24.3 Å². The van der Waals surface area contributed by atoms with Gasteiger partial charge in [-0.25, -0.2) is 8.42 Å². The number of hydrogen-bond donors (Lipinski definition) is 2. The maximum absolute atomic E-state index is 12.2. The Bertz CT molecular complexity index is 1150. The smallest absolute Gasteiger partial charge is 0.250 e. The first-order valence-electron chi connectivity index (χ1n) is 9.67. The van der Waals surface area contributed by atoms with Crippen LogP contribution in [0.25, 0.3) is 6.08 Å². The molecule has 11 heteroatoms. The Morgan fingerprint density at radius 3 is 2.44 bits per heavy atom. The topological polar surface area (TPSA) is 81.8 Å². The normalized spacial score (nSPS) is 15.0. The molecule has 3 rings (SSSR count). The molecule has 0 bridgehead atoms. The van der Waals surface area contributed by atoms with Crippen molar-refractivity contribution < 1.29 is 13.2 Å². The first-order chi connectivity index (χ1) is 15.1. The average Bonchev–Trinajstić information content (AvgIpc) is 2.73. The SMILES string of the molecule is CS(=O)(=O)N1CCN(c2ccccc2NC(=S)NC(=O)C=Cc2ccc(Cl)cc2Cl)CC1. The fourth-order valence-corrected chi connectivity index (χ4v) is 4.73. The van der Waals surface area contributed by atoms with Crippen molar-refractivity contribution in [1.82, 2.24) is 9.62 Å². The second-order valence-electron chi connectivity index (χ2n) is 7.11. The number of rotatable bonds is 5. The zero-order chi connectivity index (χ0) is 23.3. The predicted molar refractivity (Wildman–Crippen MR) is 135 cm³/mol. The zero-order valence-electron chi connectivity index (χ0n) is 17.2. The molecule has 32 heavy (non-hydrogen) atoms. The van der Waals surface area contributed by atoms with Gasteiger partial charge < -0.3 is 10.2 Å². The standard InChI is InChI=1S/C21H22Cl2N4O3S2/c1-32(29,30)27-12-10-26(11-13-27)19-5-3-2-4-18(19)24-21(31)25-20(28)9-7-15-6-8-16(22)14-17(15)23/h2-9,14H,10-13H2,1H3,(H2,24,25,28,31). The van der Waals surface area contributed by atoms with Gasteiger partial charge in [0.1, 0.15) is 0 Å². The van der Waals surface area contributed by atoms with Crippen LogP contribution in [0.3, 0.4) is 0 Å². The lowest BCUT2D eigenvalue weighted by Crippen LogP contribution is -2.48. The Balaban J connectivity index is 1.61. The van der Waals surface area contributed by atoms with Crippen LogP contribution in [0.4, 0.5) is 11.4 Å². The van der Waals surface area contributed by atoms with Crippen LogP contribution in [0.5, 0.6) is 0 Å². The molecule has 2 aromatic rings. The summed E-state index contributed by atoms with van der Waals surface area (Å²) in [6, 6.07) is 12.5. The molecule has 0 atom stereocenters. The maximum Gasteiger partial charge on any atom is 0.250 e. The van der Waals surface area contributed by atoms with Gasteiger partial charge in [-0.15, -0.1) is 0 Å². The van der Waals surface area contributed by atoms with E-state index >= 15 is 0 Å².